The van der Waals surface area contributed by atoms with Crippen molar-refractivity contribution in [3.8, 4) is 5.75 Å². The lowest BCUT2D eigenvalue weighted by molar-refractivity contribution is -0.139. The Morgan fingerprint density at radius 2 is 1.60 bits per heavy atom. The van der Waals surface area contributed by atoms with E-state index in [9.17, 15) is 18.0 Å². The summed E-state index contributed by atoms with van der Waals surface area (Å²) in [4.78, 5) is 28.7. The van der Waals surface area contributed by atoms with Crippen LogP contribution in [-0.2, 0) is 26.2 Å². The summed E-state index contributed by atoms with van der Waals surface area (Å²) < 4.78 is 34.0. The van der Waals surface area contributed by atoms with E-state index in [1.54, 1.807) is 37.3 Å². The number of carbonyl (C=O) groups excluding carboxylic acids is 2. The molecule has 2 amide bonds. The number of halogens is 3. The van der Waals surface area contributed by atoms with Crippen molar-refractivity contribution >= 4 is 62.3 Å². The number of nitrogens with zero attached hydrogens (tertiary/aromatic N) is 2. The molecule has 1 aliphatic carbocycles. The summed E-state index contributed by atoms with van der Waals surface area (Å²) in [5.74, 6) is -0.411. The van der Waals surface area contributed by atoms with Crippen molar-refractivity contribution in [1.82, 2.24) is 10.2 Å². The molecule has 1 atom stereocenters. The summed E-state index contributed by atoms with van der Waals surface area (Å²) in [6, 6.07) is 16.1. The fourth-order valence-electron chi connectivity index (χ4n) is 4.82. The molecular formula is C30H32Cl3N3O5S. The average molecular weight is 653 g/mol. The molecule has 0 heterocycles. The molecule has 0 aromatic heterocycles. The van der Waals surface area contributed by atoms with Gasteiger partial charge in [-0.05, 0) is 86.0 Å². The number of sulfonamides is 1. The molecule has 3 aromatic rings. The highest BCUT2D eigenvalue weighted by atomic mass is 35.5. The first kappa shape index (κ1) is 31.9. The summed E-state index contributed by atoms with van der Waals surface area (Å²) in [5, 5.41) is 4.10. The van der Waals surface area contributed by atoms with Crippen LogP contribution >= 0.6 is 34.8 Å². The van der Waals surface area contributed by atoms with E-state index in [1.807, 2.05) is 0 Å². The highest BCUT2D eigenvalue weighted by Crippen LogP contribution is 2.28. The lowest BCUT2D eigenvalue weighted by atomic mass is 10.1. The van der Waals surface area contributed by atoms with Gasteiger partial charge in [0.05, 0.1) is 27.7 Å². The van der Waals surface area contributed by atoms with Gasteiger partial charge in [-0.2, -0.15) is 0 Å². The SMILES string of the molecule is COc1ccc(S(=O)(=O)N(CC(=O)N(Cc2ccc(Cl)c(Cl)c2)[C@H](C)C(=O)NC2CCCC2)c2ccc(Cl)cc2)cc1. The van der Waals surface area contributed by atoms with Crippen molar-refractivity contribution in [2.45, 2.75) is 56.1 Å². The Morgan fingerprint density at radius 1 is 0.952 bits per heavy atom. The molecule has 224 valence electrons. The van der Waals surface area contributed by atoms with Crippen LogP contribution in [0.2, 0.25) is 15.1 Å². The van der Waals surface area contributed by atoms with Crippen LogP contribution in [0.25, 0.3) is 0 Å². The molecule has 1 saturated carbocycles. The Bertz CT molecular complexity index is 1510. The van der Waals surface area contributed by atoms with E-state index in [4.69, 9.17) is 39.5 Å². The van der Waals surface area contributed by atoms with E-state index in [0.717, 1.165) is 30.0 Å². The van der Waals surface area contributed by atoms with Gasteiger partial charge in [0.1, 0.15) is 18.3 Å². The fourth-order valence-corrected chi connectivity index (χ4v) is 6.68. The normalized spacial score (nSPS) is 14.3. The van der Waals surface area contributed by atoms with E-state index >= 15 is 0 Å². The second-order valence-corrected chi connectivity index (χ2v) is 13.2. The lowest BCUT2D eigenvalue weighted by Crippen LogP contribution is -2.52. The number of anilines is 1. The maximum atomic E-state index is 14.0. The average Bonchev–Trinajstić information content (AvgIpc) is 3.49. The predicted octanol–water partition coefficient (Wildman–Crippen LogP) is 6.33. The third-order valence-corrected chi connectivity index (χ3v) is 10.0. The van der Waals surface area contributed by atoms with Gasteiger partial charge in [0.25, 0.3) is 10.0 Å². The first-order chi connectivity index (χ1) is 20.0. The molecule has 1 fully saturated rings. The molecule has 1 N–H and O–H groups in total. The summed E-state index contributed by atoms with van der Waals surface area (Å²) in [6.07, 6.45) is 3.82. The first-order valence-electron chi connectivity index (χ1n) is 13.5. The molecule has 1 aliphatic rings. The van der Waals surface area contributed by atoms with Crippen molar-refractivity contribution in [3.05, 3.63) is 87.4 Å². The maximum Gasteiger partial charge on any atom is 0.264 e. The van der Waals surface area contributed by atoms with Gasteiger partial charge in [-0.15, -0.1) is 0 Å². The van der Waals surface area contributed by atoms with Crippen LogP contribution in [-0.4, -0.2) is 50.9 Å². The summed E-state index contributed by atoms with van der Waals surface area (Å²) in [5.41, 5.74) is 0.871. The molecular weight excluding hydrogens is 621 g/mol. The van der Waals surface area contributed by atoms with Crippen molar-refractivity contribution in [2.24, 2.45) is 0 Å². The molecule has 0 spiro atoms. The Kier molecular flexibility index (Phi) is 10.6. The Balaban J connectivity index is 1.69. The summed E-state index contributed by atoms with van der Waals surface area (Å²) in [7, 11) is -2.74. The zero-order valence-corrected chi connectivity index (χ0v) is 26.3. The standard InChI is InChI=1S/C30H32Cl3N3O5S/c1-20(30(38)34-23-5-3-4-6-23)35(18-21-7-16-27(32)28(33)17-21)29(37)19-36(24-10-8-22(31)9-11-24)42(39,40)26-14-12-25(41-2)13-15-26/h7-17,20,23H,3-6,18-19H2,1-2H3,(H,34,38)/t20-/m1/s1. The molecule has 0 aliphatic heterocycles. The minimum absolute atomic E-state index is 0.00597. The summed E-state index contributed by atoms with van der Waals surface area (Å²) in [6.45, 7) is 1.06. The largest absolute Gasteiger partial charge is 0.497 e. The molecule has 8 nitrogen and oxygen atoms in total. The molecule has 0 bridgehead atoms. The minimum Gasteiger partial charge on any atom is -0.497 e. The quantitative estimate of drug-likeness (QED) is 0.261. The van der Waals surface area contributed by atoms with Gasteiger partial charge in [-0.1, -0.05) is 53.7 Å². The fraction of sp³-hybridized carbons (Fsp3) is 0.333. The molecule has 42 heavy (non-hydrogen) atoms. The van der Waals surface area contributed by atoms with Crippen LogP contribution < -0.4 is 14.4 Å². The van der Waals surface area contributed by atoms with Crippen LogP contribution in [0.15, 0.2) is 71.6 Å². The van der Waals surface area contributed by atoms with Gasteiger partial charge < -0.3 is 15.0 Å². The van der Waals surface area contributed by atoms with Crippen LogP contribution in [0, 0.1) is 0 Å². The zero-order chi connectivity index (χ0) is 30.4. The van der Waals surface area contributed by atoms with Crippen LogP contribution in [0.1, 0.15) is 38.2 Å². The van der Waals surface area contributed by atoms with Gasteiger partial charge in [0.2, 0.25) is 11.8 Å². The first-order valence-corrected chi connectivity index (χ1v) is 16.0. The maximum absolute atomic E-state index is 14.0. The number of nitrogens with one attached hydrogen (secondary N) is 1. The number of amides is 2. The lowest BCUT2D eigenvalue weighted by Gasteiger charge is -2.32. The number of rotatable bonds is 11. The molecule has 0 radical (unpaired) electrons. The molecule has 0 unspecified atom stereocenters. The zero-order valence-electron chi connectivity index (χ0n) is 23.2. The summed E-state index contributed by atoms with van der Waals surface area (Å²) >= 11 is 18.4. The molecule has 12 heteroatoms. The number of carbonyl (C=O) groups is 2. The predicted molar refractivity (Wildman–Crippen MR) is 166 cm³/mol. The van der Waals surface area contributed by atoms with Crippen LogP contribution in [0.3, 0.4) is 0 Å². The second kappa shape index (κ2) is 14.0. The number of hydrogen-bond donors (Lipinski definition) is 1. The minimum atomic E-state index is -4.22. The Morgan fingerprint density at radius 3 is 2.19 bits per heavy atom. The second-order valence-electron chi connectivity index (χ2n) is 10.1. The highest BCUT2D eigenvalue weighted by molar-refractivity contribution is 7.92. The van der Waals surface area contributed by atoms with Crippen molar-refractivity contribution < 1.29 is 22.7 Å². The van der Waals surface area contributed by atoms with E-state index in [1.165, 1.54) is 48.4 Å². The van der Waals surface area contributed by atoms with Crippen LogP contribution in [0.4, 0.5) is 5.69 Å². The van der Waals surface area contributed by atoms with E-state index < -0.39 is 28.5 Å². The highest BCUT2D eigenvalue weighted by Gasteiger charge is 2.33. The van der Waals surface area contributed by atoms with Crippen LogP contribution in [0.5, 0.6) is 5.75 Å². The number of ether oxygens (including phenoxy) is 1. The van der Waals surface area contributed by atoms with E-state index in [0.29, 0.717) is 26.4 Å². The van der Waals surface area contributed by atoms with Crippen molar-refractivity contribution in [1.29, 1.82) is 0 Å². The topological polar surface area (TPSA) is 96.0 Å². The molecule has 0 saturated heterocycles. The van der Waals surface area contributed by atoms with Crippen molar-refractivity contribution in [3.63, 3.8) is 0 Å². The van der Waals surface area contributed by atoms with Gasteiger partial charge in [0.15, 0.2) is 0 Å². The van der Waals surface area contributed by atoms with Gasteiger partial charge in [-0.3, -0.25) is 13.9 Å². The van der Waals surface area contributed by atoms with Gasteiger partial charge >= 0.3 is 0 Å². The number of methoxy groups -OCH3 is 1. The Hall–Kier alpha value is -2.98. The third-order valence-electron chi connectivity index (χ3n) is 7.25. The third kappa shape index (κ3) is 7.69. The monoisotopic (exact) mass is 651 g/mol. The molecule has 3 aromatic carbocycles. The smallest absolute Gasteiger partial charge is 0.264 e. The van der Waals surface area contributed by atoms with Crippen molar-refractivity contribution in [2.75, 3.05) is 18.0 Å². The van der Waals surface area contributed by atoms with Gasteiger partial charge in [-0.25, -0.2) is 8.42 Å². The van der Waals surface area contributed by atoms with E-state index in [-0.39, 0.29) is 29.1 Å². The van der Waals surface area contributed by atoms with Gasteiger partial charge in [0, 0.05) is 17.6 Å². The number of hydrogen-bond acceptors (Lipinski definition) is 5. The molecule has 4 rings (SSSR count). The van der Waals surface area contributed by atoms with E-state index in [2.05, 4.69) is 5.32 Å². The Labute approximate surface area is 261 Å². The number of benzene rings is 3.